The monoisotopic (exact) mass is 283 g/mol. The number of hydrogen-bond acceptors (Lipinski definition) is 3. The van der Waals surface area contributed by atoms with E-state index < -0.39 is 40.5 Å². The van der Waals surface area contributed by atoms with E-state index in [0.717, 1.165) is 6.20 Å². The van der Waals surface area contributed by atoms with Gasteiger partial charge in [-0.3, -0.25) is 4.79 Å². The van der Waals surface area contributed by atoms with Gasteiger partial charge in [0.1, 0.15) is 17.3 Å². The Morgan fingerprint density at radius 3 is 2.45 bits per heavy atom. The fourth-order valence-corrected chi connectivity index (χ4v) is 1.45. The van der Waals surface area contributed by atoms with Gasteiger partial charge in [-0.15, -0.1) is 0 Å². The number of H-pyrrole nitrogens is 2. The second-order valence-corrected chi connectivity index (χ2v) is 3.73. The summed E-state index contributed by atoms with van der Waals surface area (Å²) in [5.41, 5.74) is -2.13. The summed E-state index contributed by atoms with van der Waals surface area (Å²) >= 11 is 0. The lowest BCUT2D eigenvalue weighted by atomic mass is 10.1. The third-order valence-electron chi connectivity index (χ3n) is 2.38. The van der Waals surface area contributed by atoms with Gasteiger partial charge >= 0.3 is 11.7 Å². The van der Waals surface area contributed by atoms with Crippen LogP contribution in [0.3, 0.4) is 0 Å². The van der Waals surface area contributed by atoms with Gasteiger partial charge in [-0.2, -0.15) is 0 Å². The molecule has 7 nitrogen and oxygen atoms in total. The summed E-state index contributed by atoms with van der Waals surface area (Å²) in [6, 6.07) is 0.995. The molecule has 0 unspecified atom stereocenters. The Morgan fingerprint density at radius 1 is 1.20 bits per heavy atom. The minimum absolute atomic E-state index is 0.185. The molecule has 20 heavy (non-hydrogen) atoms. The van der Waals surface area contributed by atoms with Crippen molar-refractivity contribution in [3.05, 3.63) is 51.7 Å². The van der Waals surface area contributed by atoms with Crippen LogP contribution in [0.25, 0.3) is 0 Å². The van der Waals surface area contributed by atoms with E-state index in [0.29, 0.717) is 12.1 Å². The number of hydrogen-bond donors (Lipinski definition) is 4. The Hall–Kier alpha value is -2.97. The molecule has 0 fully saturated rings. The summed E-state index contributed by atoms with van der Waals surface area (Å²) in [5.74, 6) is -4.89. The Bertz CT molecular complexity index is 750. The molecule has 0 saturated carbocycles. The minimum Gasteiger partial charge on any atom is -0.478 e. The molecular formula is C11H7F2N3O4. The second kappa shape index (κ2) is 4.96. The van der Waals surface area contributed by atoms with Crippen LogP contribution in [-0.4, -0.2) is 27.0 Å². The van der Waals surface area contributed by atoms with Crippen LogP contribution >= 0.6 is 0 Å². The highest BCUT2D eigenvalue weighted by atomic mass is 19.1. The summed E-state index contributed by atoms with van der Waals surface area (Å²) in [5, 5.41) is 10.7. The maximum atomic E-state index is 13.4. The zero-order valence-corrected chi connectivity index (χ0v) is 9.66. The molecule has 104 valence electrons. The molecule has 1 aromatic heterocycles. The second-order valence-electron chi connectivity index (χ2n) is 3.73. The molecule has 4 N–H and O–H groups in total. The van der Waals surface area contributed by atoms with Gasteiger partial charge < -0.3 is 20.4 Å². The first-order valence-corrected chi connectivity index (χ1v) is 5.20. The normalized spacial score (nSPS) is 10.3. The number of carboxylic acids is 1. The molecule has 0 radical (unpaired) electrons. The highest BCUT2D eigenvalue weighted by Crippen LogP contribution is 2.20. The van der Waals surface area contributed by atoms with Gasteiger partial charge in [0.25, 0.3) is 5.91 Å². The van der Waals surface area contributed by atoms with E-state index in [9.17, 15) is 23.2 Å². The van der Waals surface area contributed by atoms with E-state index >= 15 is 0 Å². The van der Waals surface area contributed by atoms with Crippen LogP contribution in [0, 0.1) is 11.6 Å². The Balaban J connectivity index is 2.34. The number of anilines is 1. The predicted molar refractivity (Wildman–Crippen MR) is 62.7 cm³/mol. The first-order chi connectivity index (χ1) is 9.38. The fraction of sp³-hybridized carbons (Fsp3) is 0. The lowest BCUT2D eigenvalue weighted by Crippen LogP contribution is -2.16. The predicted octanol–water partition coefficient (Wildman–Crippen LogP) is 0.932. The molecule has 0 atom stereocenters. The van der Waals surface area contributed by atoms with E-state index in [-0.39, 0.29) is 5.69 Å². The average molecular weight is 283 g/mol. The van der Waals surface area contributed by atoms with Crippen molar-refractivity contribution in [3.8, 4) is 0 Å². The summed E-state index contributed by atoms with van der Waals surface area (Å²) in [7, 11) is 0. The van der Waals surface area contributed by atoms with Crippen molar-refractivity contribution in [3.63, 3.8) is 0 Å². The Kier molecular flexibility index (Phi) is 3.34. The lowest BCUT2D eigenvalue weighted by molar-refractivity contribution is 0.0691. The van der Waals surface area contributed by atoms with E-state index in [2.05, 4.69) is 9.97 Å². The molecule has 9 heteroatoms. The summed E-state index contributed by atoms with van der Waals surface area (Å²) < 4.78 is 26.6. The largest absolute Gasteiger partial charge is 0.478 e. The zero-order chi connectivity index (χ0) is 14.9. The van der Waals surface area contributed by atoms with Crippen molar-refractivity contribution < 1.29 is 23.5 Å². The SMILES string of the molecule is O=C(Nc1cc(C(=O)O)c(F)cc1F)c1c[nH]c(=O)[nH]1. The maximum absolute atomic E-state index is 13.4. The number of carbonyl (C=O) groups is 2. The molecule has 1 heterocycles. The number of nitrogens with one attached hydrogen (secondary N) is 3. The molecule has 0 aliphatic heterocycles. The van der Waals surface area contributed by atoms with Crippen LogP contribution in [0.1, 0.15) is 20.8 Å². The Morgan fingerprint density at radius 2 is 1.90 bits per heavy atom. The zero-order valence-electron chi connectivity index (χ0n) is 9.66. The van der Waals surface area contributed by atoms with Crippen molar-refractivity contribution in [2.45, 2.75) is 0 Å². The maximum Gasteiger partial charge on any atom is 0.338 e. The summed E-state index contributed by atoms with van der Waals surface area (Å²) in [6.45, 7) is 0. The average Bonchev–Trinajstić information content (AvgIpc) is 2.79. The van der Waals surface area contributed by atoms with Gasteiger partial charge in [-0.05, 0) is 6.07 Å². The molecule has 2 rings (SSSR count). The molecule has 2 aromatic rings. The van der Waals surface area contributed by atoms with Gasteiger partial charge in [0.05, 0.1) is 11.3 Å². The van der Waals surface area contributed by atoms with E-state index in [1.165, 1.54) is 0 Å². The molecule has 0 aliphatic rings. The number of benzene rings is 1. The van der Waals surface area contributed by atoms with Crippen molar-refractivity contribution in [2.24, 2.45) is 0 Å². The number of aromatic carboxylic acids is 1. The van der Waals surface area contributed by atoms with Crippen LogP contribution in [-0.2, 0) is 0 Å². The van der Waals surface area contributed by atoms with Crippen molar-refractivity contribution in [1.82, 2.24) is 9.97 Å². The quantitative estimate of drug-likeness (QED) is 0.670. The number of rotatable bonds is 3. The van der Waals surface area contributed by atoms with Gasteiger partial charge in [-0.1, -0.05) is 0 Å². The number of carboxylic acid groups (broad SMARTS) is 1. The van der Waals surface area contributed by atoms with Crippen LogP contribution in [0.2, 0.25) is 0 Å². The number of carbonyl (C=O) groups excluding carboxylic acids is 1. The third kappa shape index (κ3) is 2.55. The van der Waals surface area contributed by atoms with Gasteiger partial charge in [-0.25, -0.2) is 18.4 Å². The van der Waals surface area contributed by atoms with E-state index in [1.54, 1.807) is 0 Å². The van der Waals surface area contributed by atoms with Gasteiger partial charge in [0.2, 0.25) is 0 Å². The van der Waals surface area contributed by atoms with E-state index in [4.69, 9.17) is 5.11 Å². The van der Waals surface area contributed by atoms with Crippen LogP contribution < -0.4 is 11.0 Å². The molecule has 1 aromatic carbocycles. The first-order valence-electron chi connectivity index (χ1n) is 5.20. The topological polar surface area (TPSA) is 115 Å². The molecule has 0 aliphatic carbocycles. The highest BCUT2D eigenvalue weighted by molar-refractivity contribution is 6.03. The minimum atomic E-state index is -1.60. The number of imidazole rings is 1. The fourth-order valence-electron chi connectivity index (χ4n) is 1.45. The standard InChI is InChI=1S/C11H7F2N3O4/c12-5-2-6(13)7(1-4(5)10(18)19)15-9(17)8-3-14-11(20)16-8/h1-3H,(H,15,17)(H,18,19)(H2,14,16,20). The lowest BCUT2D eigenvalue weighted by Gasteiger charge is -2.07. The summed E-state index contributed by atoms with van der Waals surface area (Å²) in [6.07, 6.45) is 1.05. The number of aromatic nitrogens is 2. The number of aromatic amines is 2. The number of halogens is 2. The van der Waals surface area contributed by atoms with E-state index in [1.807, 2.05) is 5.32 Å². The first kappa shape index (κ1) is 13.5. The molecule has 1 amide bonds. The summed E-state index contributed by atoms with van der Waals surface area (Å²) in [4.78, 5) is 37.5. The Labute approximate surface area is 109 Å². The van der Waals surface area contributed by atoms with Crippen LogP contribution in [0.4, 0.5) is 14.5 Å². The van der Waals surface area contributed by atoms with Crippen molar-refractivity contribution in [2.75, 3.05) is 5.32 Å². The molecular weight excluding hydrogens is 276 g/mol. The van der Waals surface area contributed by atoms with Crippen molar-refractivity contribution in [1.29, 1.82) is 0 Å². The number of amides is 1. The highest BCUT2D eigenvalue weighted by Gasteiger charge is 2.17. The van der Waals surface area contributed by atoms with Crippen molar-refractivity contribution >= 4 is 17.6 Å². The molecule has 0 saturated heterocycles. The third-order valence-corrected chi connectivity index (χ3v) is 2.38. The molecule has 0 spiro atoms. The smallest absolute Gasteiger partial charge is 0.338 e. The van der Waals surface area contributed by atoms with Crippen LogP contribution in [0.15, 0.2) is 23.1 Å². The molecule has 0 bridgehead atoms. The van der Waals surface area contributed by atoms with Crippen LogP contribution in [0.5, 0.6) is 0 Å². The van der Waals surface area contributed by atoms with Gasteiger partial charge in [0, 0.05) is 12.3 Å². The van der Waals surface area contributed by atoms with Gasteiger partial charge in [0.15, 0.2) is 0 Å².